The second kappa shape index (κ2) is 8.01. The van der Waals surface area contributed by atoms with Gasteiger partial charge in [-0.05, 0) is 25.3 Å². The number of hydrogen-bond donors (Lipinski definition) is 1. The number of hydrogen-bond acceptors (Lipinski definition) is 3. The number of guanidine groups is 1. The standard InChI is InChI=1S/C15H23F3N4S/c1-3-19-14(20-11-13-5-4-10-23-13)22-8-6-21(7-9-22)12(2)15(16,17)18/h4-5,10,12H,3,6-9,11H2,1-2H3,(H,19,20). The molecule has 4 nitrogen and oxygen atoms in total. The van der Waals surface area contributed by atoms with Crippen molar-refractivity contribution in [1.29, 1.82) is 0 Å². The lowest BCUT2D eigenvalue weighted by molar-refractivity contribution is -0.181. The van der Waals surface area contributed by atoms with Crippen molar-refractivity contribution in [3.8, 4) is 0 Å². The minimum Gasteiger partial charge on any atom is -0.357 e. The second-order valence-electron chi connectivity index (χ2n) is 5.49. The highest BCUT2D eigenvalue weighted by molar-refractivity contribution is 7.09. The van der Waals surface area contributed by atoms with E-state index < -0.39 is 12.2 Å². The van der Waals surface area contributed by atoms with Crippen molar-refractivity contribution in [3.05, 3.63) is 22.4 Å². The van der Waals surface area contributed by atoms with Crippen LogP contribution in [-0.2, 0) is 6.54 Å². The van der Waals surface area contributed by atoms with Gasteiger partial charge in [0.2, 0.25) is 0 Å². The Labute approximate surface area is 139 Å². The summed E-state index contributed by atoms with van der Waals surface area (Å²) in [4.78, 5) is 9.29. The minimum atomic E-state index is -4.17. The zero-order valence-electron chi connectivity index (χ0n) is 13.4. The number of thiophene rings is 1. The zero-order chi connectivity index (χ0) is 16.9. The molecule has 0 aliphatic carbocycles. The summed E-state index contributed by atoms with van der Waals surface area (Å²) < 4.78 is 38.4. The van der Waals surface area contributed by atoms with Gasteiger partial charge in [0.1, 0.15) is 6.04 Å². The lowest BCUT2D eigenvalue weighted by Crippen LogP contribution is -2.56. The summed E-state index contributed by atoms with van der Waals surface area (Å²) in [5.41, 5.74) is 0. The molecular formula is C15H23F3N4S. The Morgan fingerprint density at radius 1 is 1.35 bits per heavy atom. The third kappa shape index (κ3) is 5.10. The van der Waals surface area contributed by atoms with Crippen LogP contribution in [0.15, 0.2) is 22.5 Å². The highest BCUT2D eigenvalue weighted by atomic mass is 32.1. The van der Waals surface area contributed by atoms with Gasteiger partial charge >= 0.3 is 6.18 Å². The average molecular weight is 348 g/mol. The molecule has 0 saturated carbocycles. The largest absolute Gasteiger partial charge is 0.403 e. The predicted molar refractivity (Wildman–Crippen MR) is 87.8 cm³/mol. The maximum Gasteiger partial charge on any atom is 0.403 e. The van der Waals surface area contributed by atoms with Crippen molar-refractivity contribution in [2.24, 2.45) is 4.99 Å². The van der Waals surface area contributed by atoms with E-state index in [1.165, 1.54) is 16.7 Å². The average Bonchev–Trinajstić information content (AvgIpc) is 3.03. The van der Waals surface area contributed by atoms with Gasteiger partial charge < -0.3 is 10.2 Å². The summed E-state index contributed by atoms with van der Waals surface area (Å²) >= 11 is 1.65. The van der Waals surface area contributed by atoms with Crippen molar-refractivity contribution in [3.63, 3.8) is 0 Å². The number of alkyl halides is 3. The number of halogens is 3. The highest BCUT2D eigenvalue weighted by Gasteiger charge is 2.41. The SMILES string of the molecule is CCNC(=NCc1cccs1)N1CCN(C(C)C(F)(F)F)CC1. The first kappa shape index (κ1) is 18.1. The van der Waals surface area contributed by atoms with Gasteiger partial charge in [0, 0.05) is 37.6 Å². The van der Waals surface area contributed by atoms with Crippen molar-refractivity contribution in [2.75, 3.05) is 32.7 Å². The van der Waals surface area contributed by atoms with E-state index in [1.807, 2.05) is 29.3 Å². The maximum absolute atomic E-state index is 12.8. The molecule has 8 heteroatoms. The monoisotopic (exact) mass is 348 g/mol. The Morgan fingerprint density at radius 3 is 2.57 bits per heavy atom. The molecule has 0 radical (unpaired) electrons. The quantitative estimate of drug-likeness (QED) is 0.671. The van der Waals surface area contributed by atoms with Crippen LogP contribution in [0.3, 0.4) is 0 Å². The normalized spacial score (nSPS) is 19.0. The van der Waals surface area contributed by atoms with Crippen LogP contribution >= 0.6 is 11.3 Å². The number of nitrogens with one attached hydrogen (secondary N) is 1. The van der Waals surface area contributed by atoms with Crippen LogP contribution in [0.25, 0.3) is 0 Å². The summed E-state index contributed by atoms with van der Waals surface area (Å²) in [6.07, 6.45) is -4.17. The van der Waals surface area contributed by atoms with Gasteiger partial charge in [-0.15, -0.1) is 11.3 Å². The molecule has 1 saturated heterocycles. The van der Waals surface area contributed by atoms with Gasteiger partial charge in [0.15, 0.2) is 5.96 Å². The van der Waals surface area contributed by atoms with Crippen molar-refractivity contribution < 1.29 is 13.2 Å². The first-order chi connectivity index (χ1) is 10.9. The molecule has 0 spiro atoms. The predicted octanol–water partition coefficient (Wildman–Crippen LogP) is 2.78. The Hall–Kier alpha value is -1.28. The molecule has 130 valence electrons. The lowest BCUT2D eigenvalue weighted by Gasteiger charge is -2.39. The Bertz CT molecular complexity index is 493. The van der Waals surface area contributed by atoms with Crippen molar-refractivity contribution in [1.82, 2.24) is 15.1 Å². The topological polar surface area (TPSA) is 30.9 Å². The van der Waals surface area contributed by atoms with Gasteiger partial charge in [-0.3, -0.25) is 4.90 Å². The zero-order valence-corrected chi connectivity index (χ0v) is 14.3. The third-order valence-corrected chi connectivity index (χ3v) is 4.80. The number of rotatable bonds is 4. The first-order valence-corrected chi connectivity index (χ1v) is 8.66. The fourth-order valence-electron chi connectivity index (χ4n) is 2.51. The molecular weight excluding hydrogens is 325 g/mol. The van der Waals surface area contributed by atoms with Crippen LogP contribution in [-0.4, -0.2) is 60.7 Å². The number of aliphatic imine (C=N–C) groups is 1. The summed E-state index contributed by atoms with van der Waals surface area (Å²) in [5, 5.41) is 5.24. The molecule has 1 fully saturated rings. The van der Waals surface area contributed by atoms with E-state index in [0.29, 0.717) is 32.7 Å². The van der Waals surface area contributed by atoms with Crippen molar-refractivity contribution in [2.45, 2.75) is 32.6 Å². The van der Waals surface area contributed by atoms with Crippen LogP contribution in [0.4, 0.5) is 13.2 Å². The fourth-order valence-corrected chi connectivity index (χ4v) is 3.14. The van der Waals surface area contributed by atoms with Crippen LogP contribution < -0.4 is 5.32 Å². The van der Waals surface area contributed by atoms with Gasteiger partial charge in [-0.1, -0.05) is 6.07 Å². The summed E-state index contributed by atoms with van der Waals surface area (Å²) in [5.74, 6) is 0.778. The molecule has 1 aromatic heterocycles. The lowest BCUT2D eigenvalue weighted by atomic mass is 10.2. The molecule has 1 unspecified atom stereocenters. The molecule has 1 atom stereocenters. The van der Waals surface area contributed by atoms with E-state index >= 15 is 0 Å². The fraction of sp³-hybridized carbons (Fsp3) is 0.667. The smallest absolute Gasteiger partial charge is 0.357 e. The van der Waals surface area contributed by atoms with E-state index in [0.717, 1.165) is 12.5 Å². The minimum absolute atomic E-state index is 0.393. The molecule has 2 rings (SSSR count). The molecule has 2 heterocycles. The van der Waals surface area contributed by atoms with Crippen molar-refractivity contribution >= 4 is 17.3 Å². The molecule has 1 aliphatic rings. The highest BCUT2D eigenvalue weighted by Crippen LogP contribution is 2.25. The van der Waals surface area contributed by atoms with E-state index in [2.05, 4.69) is 10.3 Å². The Kier molecular flexibility index (Phi) is 6.29. The molecule has 1 aliphatic heterocycles. The van der Waals surface area contributed by atoms with Gasteiger partial charge in [0.25, 0.3) is 0 Å². The molecule has 0 aromatic carbocycles. The van der Waals surface area contributed by atoms with Gasteiger partial charge in [0.05, 0.1) is 6.54 Å². The van der Waals surface area contributed by atoms with Crippen LogP contribution in [0.1, 0.15) is 18.7 Å². The molecule has 1 N–H and O–H groups in total. The first-order valence-electron chi connectivity index (χ1n) is 7.78. The molecule has 1 aromatic rings. The number of piperazine rings is 1. The number of nitrogens with zero attached hydrogens (tertiary/aromatic N) is 3. The Balaban J connectivity index is 1.93. The third-order valence-electron chi connectivity index (χ3n) is 3.93. The van der Waals surface area contributed by atoms with E-state index in [4.69, 9.17) is 0 Å². The summed E-state index contributed by atoms with van der Waals surface area (Å²) in [6.45, 7) is 6.44. The van der Waals surface area contributed by atoms with Crippen LogP contribution in [0, 0.1) is 0 Å². The molecule has 0 bridgehead atoms. The van der Waals surface area contributed by atoms with E-state index in [-0.39, 0.29) is 0 Å². The van der Waals surface area contributed by atoms with E-state index in [1.54, 1.807) is 11.3 Å². The van der Waals surface area contributed by atoms with Crippen LogP contribution in [0.2, 0.25) is 0 Å². The van der Waals surface area contributed by atoms with Crippen LogP contribution in [0.5, 0.6) is 0 Å². The second-order valence-corrected chi connectivity index (χ2v) is 6.52. The summed E-state index contributed by atoms with van der Waals surface area (Å²) in [7, 11) is 0. The Morgan fingerprint density at radius 2 is 2.04 bits per heavy atom. The van der Waals surface area contributed by atoms with E-state index in [9.17, 15) is 13.2 Å². The molecule has 0 amide bonds. The maximum atomic E-state index is 12.8. The summed E-state index contributed by atoms with van der Waals surface area (Å²) in [6, 6.07) is 2.62. The van der Waals surface area contributed by atoms with Gasteiger partial charge in [-0.2, -0.15) is 13.2 Å². The van der Waals surface area contributed by atoms with Gasteiger partial charge in [-0.25, -0.2) is 4.99 Å². The molecule has 23 heavy (non-hydrogen) atoms.